The molecule has 4 heteroatoms. The van der Waals surface area contributed by atoms with E-state index in [1.165, 1.54) is 0 Å². The largest absolute Gasteiger partial charge is 0.508 e. The van der Waals surface area contributed by atoms with E-state index in [1.807, 2.05) is 47.2 Å². The van der Waals surface area contributed by atoms with Crippen molar-refractivity contribution in [3.05, 3.63) is 65.9 Å². The van der Waals surface area contributed by atoms with Crippen molar-refractivity contribution in [3.63, 3.8) is 0 Å². The summed E-state index contributed by atoms with van der Waals surface area (Å²) in [4.78, 5) is 11.0. The standard InChI is InChI=1S/C17H15NO3/c19-14-6-7-16-15(9-14)13(8-17(20)21)11-18(16)10-12-4-2-1-3-5-12/h1-7,9,11,19H,8,10H2,(H,20,21). The van der Waals surface area contributed by atoms with Crippen LogP contribution in [0.3, 0.4) is 0 Å². The van der Waals surface area contributed by atoms with Crippen molar-refractivity contribution in [2.45, 2.75) is 13.0 Å². The Kier molecular flexibility index (Phi) is 3.36. The topological polar surface area (TPSA) is 62.5 Å². The molecule has 1 aromatic heterocycles. The summed E-state index contributed by atoms with van der Waals surface area (Å²) in [6, 6.07) is 15.0. The minimum Gasteiger partial charge on any atom is -0.508 e. The van der Waals surface area contributed by atoms with Crippen molar-refractivity contribution in [2.24, 2.45) is 0 Å². The third-order valence-electron chi connectivity index (χ3n) is 3.48. The lowest BCUT2D eigenvalue weighted by atomic mass is 10.1. The van der Waals surface area contributed by atoms with E-state index in [0.717, 1.165) is 16.5 Å². The minimum absolute atomic E-state index is 0.0538. The summed E-state index contributed by atoms with van der Waals surface area (Å²) in [5.74, 6) is -0.733. The van der Waals surface area contributed by atoms with Crippen LogP contribution in [0.4, 0.5) is 0 Å². The molecule has 0 bridgehead atoms. The number of carboxylic acid groups (broad SMARTS) is 1. The van der Waals surface area contributed by atoms with Crippen LogP contribution in [-0.2, 0) is 17.8 Å². The van der Waals surface area contributed by atoms with E-state index >= 15 is 0 Å². The molecule has 0 fully saturated rings. The smallest absolute Gasteiger partial charge is 0.307 e. The zero-order chi connectivity index (χ0) is 14.8. The van der Waals surface area contributed by atoms with Gasteiger partial charge in [0.2, 0.25) is 0 Å². The number of hydrogen-bond acceptors (Lipinski definition) is 2. The number of aliphatic carboxylic acids is 1. The van der Waals surface area contributed by atoms with Crippen LogP contribution in [0.1, 0.15) is 11.1 Å². The van der Waals surface area contributed by atoms with Crippen molar-refractivity contribution in [1.29, 1.82) is 0 Å². The van der Waals surface area contributed by atoms with Gasteiger partial charge < -0.3 is 14.8 Å². The first-order valence-electron chi connectivity index (χ1n) is 6.70. The first-order chi connectivity index (χ1) is 10.1. The summed E-state index contributed by atoms with van der Waals surface area (Å²) in [5, 5.41) is 19.4. The zero-order valence-electron chi connectivity index (χ0n) is 11.4. The fourth-order valence-corrected chi connectivity index (χ4v) is 2.57. The number of fused-ring (bicyclic) bond motifs is 1. The molecule has 3 rings (SSSR count). The van der Waals surface area contributed by atoms with E-state index in [4.69, 9.17) is 5.11 Å². The fraction of sp³-hybridized carbons (Fsp3) is 0.118. The molecule has 0 saturated heterocycles. The van der Waals surface area contributed by atoms with Gasteiger partial charge in [0.05, 0.1) is 6.42 Å². The molecule has 4 nitrogen and oxygen atoms in total. The van der Waals surface area contributed by atoms with Crippen molar-refractivity contribution < 1.29 is 15.0 Å². The van der Waals surface area contributed by atoms with Crippen LogP contribution in [0.25, 0.3) is 10.9 Å². The molecule has 0 amide bonds. The lowest BCUT2D eigenvalue weighted by Crippen LogP contribution is -2.00. The van der Waals surface area contributed by atoms with Gasteiger partial charge in [0, 0.05) is 23.6 Å². The molecule has 0 aliphatic rings. The summed E-state index contributed by atoms with van der Waals surface area (Å²) in [7, 11) is 0. The minimum atomic E-state index is -0.878. The van der Waals surface area contributed by atoms with Gasteiger partial charge in [-0.3, -0.25) is 4.79 Å². The van der Waals surface area contributed by atoms with Gasteiger partial charge in [-0.2, -0.15) is 0 Å². The van der Waals surface area contributed by atoms with Gasteiger partial charge in [0.25, 0.3) is 0 Å². The first-order valence-corrected chi connectivity index (χ1v) is 6.70. The quantitative estimate of drug-likeness (QED) is 0.772. The number of carbonyl (C=O) groups is 1. The molecule has 2 N–H and O–H groups in total. The number of benzene rings is 2. The molecule has 1 heterocycles. The molecule has 21 heavy (non-hydrogen) atoms. The third kappa shape index (κ3) is 2.74. The number of aromatic hydroxyl groups is 1. The number of nitrogens with zero attached hydrogens (tertiary/aromatic N) is 1. The second kappa shape index (κ2) is 5.32. The summed E-state index contributed by atoms with van der Waals surface area (Å²) in [5.41, 5.74) is 2.78. The van der Waals surface area contributed by atoms with Gasteiger partial charge >= 0.3 is 5.97 Å². The van der Waals surface area contributed by atoms with E-state index in [1.54, 1.807) is 12.1 Å². The Hall–Kier alpha value is -2.75. The molecular formula is C17H15NO3. The van der Waals surface area contributed by atoms with Crippen LogP contribution in [0.5, 0.6) is 5.75 Å². The van der Waals surface area contributed by atoms with Gasteiger partial charge in [-0.25, -0.2) is 0 Å². The van der Waals surface area contributed by atoms with Crippen LogP contribution in [-0.4, -0.2) is 20.7 Å². The second-order valence-electron chi connectivity index (χ2n) is 5.04. The fourth-order valence-electron chi connectivity index (χ4n) is 2.57. The van der Waals surface area contributed by atoms with E-state index in [-0.39, 0.29) is 12.2 Å². The van der Waals surface area contributed by atoms with Gasteiger partial charge in [0.15, 0.2) is 0 Å². The first kappa shape index (κ1) is 13.2. The molecule has 0 unspecified atom stereocenters. The normalized spacial score (nSPS) is 10.9. The number of phenolic OH excluding ortho intramolecular Hbond substituents is 1. The molecule has 2 aromatic carbocycles. The Bertz CT molecular complexity index is 790. The van der Waals surface area contributed by atoms with Gasteiger partial charge in [0.1, 0.15) is 5.75 Å². The predicted molar refractivity (Wildman–Crippen MR) is 80.5 cm³/mol. The lowest BCUT2D eigenvalue weighted by Gasteiger charge is -2.05. The van der Waals surface area contributed by atoms with Gasteiger partial charge in [-0.1, -0.05) is 30.3 Å². The number of carboxylic acids is 1. The molecule has 0 spiro atoms. The van der Waals surface area contributed by atoms with Crippen molar-refractivity contribution >= 4 is 16.9 Å². The molecule has 0 aliphatic carbocycles. The van der Waals surface area contributed by atoms with Crippen molar-refractivity contribution in [3.8, 4) is 5.75 Å². The molecular weight excluding hydrogens is 266 g/mol. The summed E-state index contributed by atoms with van der Waals surface area (Å²) in [6.45, 7) is 0.668. The number of hydrogen-bond donors (Lipinski definition) is 2. The summed E-state index contributed by atoms with van der Waals surface area (Å²) in [6.07, 6.45) is 1.80. The van der Waals surface area contributed by atoms with Crippen LogP contribution >= 0.6 is 0 Å². The highest BCUT2D eigenvalue weighted by atomic mass is 16.4. The molecule has 3 aromatic rings. The highest BCUT2D eigenvalue weighted by Crippen LogP contribution is 2.26. The maximum atomic E-state index is 11.0. The Morgan fingerprint density at radius 1 is 1.10 bits per heavy atom. The molecule has 0 aliphatic heterocycles. The molecule has 0 atom stereocenters. The maximum absolute atomic E-state index is 11.0. The van der Waals surface area contributed by atoms with Crippen LogP contribution in [0, 0.1) is 0 Å². The number of rotatable bonds is 4. The third-order valence-corrected chi connectivity index (χ3v) is 3.48. The van der Waals surface area contributed by atoms with E-state index in [9.17, 15) is 9.90 Å². The Morgan fingerprint density at radius 2 is 1.86 bits per heavy atom. The average molecular weight is 281 g/mol. The second-order valence-corrected chi connectivity index (χ2v) is 5.04. The highest BCUT2D eigenvalue weighted by Gasteiger charge is 2.12. The SMILES string of the molecule is O=C(O)Cc1cn(Cc2ccccc2)c2ccc(O)cc12. The van der Waals surface area contributed by atoms with E-state index in [0.29, 0.717) is 12.1 Å². The van der Waals surface area contributed by atoms with Crippen molar-refractivity contribution in [1.82, 2.24) is 4.57 Å². The lowest BCUT2D eigenvalue weighted by molar-refractivity contribution is -0.136. The highest BCUT2D eigenvalue weighted by molar-refractivity contribution is 5.88. The predicted octanol–water partition coefficient (Wildman–Crippen LogP) is 3.02. The van der Waals surface area contributed by atoms with Crippen LogP contribution in [0.15, 0.2) is 54.7 Å². The van der Waals surface area contributed by atoms with E-state index in [2.05, 4.69) is 0 Å². The van der Waals surface area contributed by atoms with Crippen LogP contribution < -0.4 is 0 Å². The molecule has 106 valence electrons. The summed E-state index contributed by atoms with van der Waals surface area (Å²) >= 11 is 0. The number of aromatic nitrogens is 1. The monoisotopic (exact) mass is 281 g/mol. The van der Waals surface area contributed by atoms with E-state index < -0.39 is 5.97 Å². The Balaban J connectivity index is 2.08. The number of phenols is 1. The van der Waals surface area contributed by atoms with Gasteiger partial charge in [-0.05, 0) is 29.3 Å². The summed E-state index contributed by atoms with van der Waals surface area (Å²) < 4.78 is 2.02. The zero-order valence-corrected chi connectivity index (χ0v) is 11.4. The van der Waals surface area contributed by atoms with Gasteiger partial charge in [-0.15, -0.1) is 0 Å². The van der Waals surface area contributed by atoms with Crippen molar-refractivity contribution in [2.75, 3.05) is 0 Å². The average Bonchev–Trinajstić information content (AvgIpc) is 2.77. The molecule has 0 radical (unpaired) electrons. The maximum Gasteiger partial charge on any atom is 0.307 e. The Labute approximate surface area is 121 Å². The molecule has 0 saturated carbocycles. The van der Waals surface area contributed by atoms with Crippen LogP contribution in [0.2, 0.25) is 0 Å². The Morgan fingerprint density at radius 3 is 2.57 bits per heavy atom.